The molecule has 8 heteroatoms. The van der Waals surface area contributed by atoms with Crippen molar-refractivity contribution < 1.29 is 19.8 Å². The fourth-order valence-corrected chi connectivity index (χ4v) is 5.27. The largest absolute Gasteiger partial charge is 0.477 e. The second kappa shape index (κ2) is 6.10. The number of fused-ring (bicyclic) bond motifs is 3. The summed E-state index contributed by atoms with van der Waals surface area (Å²) in [7, 11) is 0. The molecule has 0 aromatic carbocycles. The molecule has 0 unspecified atom stereocenters. The van der Waals surface area contributed by atoms with Crippen molar-refractivity contribution in [1.29, 1.82) is 0 Å². The van der Waals surface area contributed by atoms with Crippen LogP contribution in [0.2, 0.25) is 0 Å². The molecule has 1 saturated carbocycles. The Balaban J connectivity index is 1.64. The molecule has 1 aliphatic carbocycles. The Labute approximate surface area is 149 Å². The number of rotatable bonds is 5. The summed E-state index contributed by atoms with van der Waals surface area (Å²) in [4.78, 5) is 30.0. The van der Waals surface area contributed by atoms with Crippen molar-refractivity contribution >= 4 is 28.3 Å². The van der Waals surface area contributed by atoms with Crippen molar-refractivity contribution in [2.24, 2.45) is 17.8 Å². The van der Waals surface area contributed by atoms with Crippen molar-refractivity contribution in [3.05, 3.63) is 22.8 Å². The lowest BCUT2D eigenvalue weighted by molar-refractivity contribution is -0.163. The summed E-state index contributed by atoms with van der Waals surface area (Å²) in [6.45, 7) is 2.23. The van der Waals surface area contributed by atoms with Crippen LogP contribution >= 0.6 is 11.3 Å². The van der Waals surface area contributed by atoms with Crippen LogP contribution in [0, 0.1) is 17.8 Å². The first-order valence-corrected chi connectivity index (χ1v) is 9.50. The molecule has 4 rings (SSSR count). The zero-order chi connectivity index (χ0) is 17.7. The van der Waals surface area contributed by atoms with E-state index in [-0.39, 0.29) is 29.5 Å². The smallest absolute Gasteiger partial charge is 0.352 e. The maximum absolute atomic E-state index is 12.4. The lowest BCUT2D eigenvalue weighted by atomic mass is 9.69. The number of carbonyl (C=O) groups excluding carboxylic acids is 1. The molecule has 3 aliphatic rings. The first-order chi connectivity index (χ1) is 12.0. The third-order valence-electron chi connectivity index (χ3n) is 5.68. The molecule has 3 N–H and O–H groups in total. The van der Waals surface area contributed by atoms with Crippen LogP contribution < -0.4 is 5.32 Å². The SMILES string of the molecule is C[C@@H](O)[C@H]1C(=O)N2C(C(=O)O)=C3[C@H](CNc4nccs4)CCC[C@@H]3[C@H]12. The molecule has 1 aromatic rings. The lowest BCUT2D eigenvalue weighted by Gasteiger charge is -2.47. The molecule has 5 atom stereocenters. The first-order valence-electron chi connectivity index (χ1n) is 8.62. The molecule has 1 aromatic heterocycles. The number of aliphatic hydroxyl groups excluding tert-OH is 1. The number of hydrogen-bond donors (Lipinski definition) is 3. The van der Waals surface area contributed by atoms with Gasteiger partial charge < -0.3 is 20.4 Å². The quantitative estimate of drug-likeness (QED) is 0.686. The summed E-state index contributed by atoms with van der Waals surface area (Å²) in [5.74, 6) is -1.67. The van der Waals surface area contributed by atoms with Gasteiger partial charge in [0.25, 0.3) is 0 Å². The van der Waals surface area contributed by atoms with Gasteiger partial charge in [-0.25, -0.2) is 9.78 Å². The van der Waals surface area contributed by atoms with Crippen LogP contribution in [0.1, 0.15) is 26.2 Å². The predicted octanol–water partition coefficient (Wildman–Crippen LogP) is 1.53. The Morgan fingerprint density at radius 1 is 1.52 bits per heavy atom. The van der Waals surface area contributed by atoms with Crippen LogP contribution in [0.4, 0.5) is 5.13 Å². The Kier molecular flexibility index (Phi) is 4.04. The van der Waals surface area contributed by atoms with Gasteiger partial charge in [0, 0.05) is 30.0 Å². The van der Waals surface area contributed by atoms with E-state index in [0.717, 1.165) is 30.0 Å². The van der Waals surface area contributed by atoms with E-state index in [9.17, 15) is 19.8 Å². The van der Waals surface area contributed by atoms with E-state index in [1.807, 2.05) is 5.38 Å². The number of hydrogen-bond acceptors (Lipinski definition) is 6. The summed E-state index contributed by atoms with van der Waals surface area (Å²) < 4.78 is 0. The molecule has 2 aliphatic heterocycles. The molecule has 0 radical (unpaired) electrons. The van der Waals surface area contributed by atoms with Gasteiger partial charge in [-0.1, -0.05) is 6.42 Å². The summed E-state index contributed by atoms with van der Waals surface area (Å²) in [5, 5.41) is 25.7. The second-order valence-electron chi connectivity index (χ2n) is 7.03. The number of aliphatic hydroxyl groups is 1. The number of carboxylic acids is 1. The number of aliphatic carboxylic acids is 1. The topological polar surface area (TPSA) is 103 Å². The highest BCUT2D eigenvalue weighted by Gasteiger charge is 2.62. The molecule has 2 fully saturated rings. The molecule has 7 nitrogen and oxygen atoms in total. The van der Waals surface area contributed by atoms with Gasteiger partial charge in [0.05, 0.1) is 18.1 Å². The summed E-state index contributed by atoms with van der Waals surface area (Å²) in [6, 6.07) is -0.198. The highest BCUT2D eigenvalue weighted by Crippen LogP contribution is 2.53. The number of nitrogens with one attached hydrogen (secondary N) is 1. The minimum atomic E-state index is -1.04. The fraction of sp³-hybridized carbons (Fsp3) is 0.588. The van der Waals surface area contributed by atoms with Gasteiger partial charge in [-0.3, -0.25) is 4.79 Å². The number of aromatic nitrogens is 1. The molecule has 0 spiro atoms. The lowest BCUT2D eigenvalue weighted by Crippen LogP contribution is -2.64. The monoisotopic (exact) mass is 363 g/mol. The van der Waals surface area contributed by atoms with E-state index in [0.29, 0.717) is 6.54 Å². The fourth-order valence-electron chi connectivity index (χ4n) is 4.73. The van der Waals surface area contributed by atoms with E-state index in [1.165, 1.54) is 16.2 Å². The van der Waals surface area contributed by atoms with E-state index in [1.54, 1.807) is 13.1 Å². The van der Waals surface area contributed by atoms with Crippen LogP contribution in [0.25, 0.3) is 0 Å². The molecule has 0 bridgehead atoms. The van der Waals surface area contributed by atoms with Crippen molar-refractivity contribution in [1.82, 2.24) is 9.88 Å². The summed E-state index contributed by atoms with van der Waals surface area (Å²) in [6.07, 6.45) is 3.74. The van der Waals surface area contributed by atoms with Gasteiger partial charge in [-0.2, -0.15) is 0 Å². The molecule has 134 valence electrons. The molecular weight excluding hydrogens is 342 g/mol. The molecule has 25 heavy (non-hydrogen) atoms. The second-order valence-corrected chi connectivity index (χ2v) is 7.92. The Morgan fingerprint density at radius 2 is 2.32 bits per heavy atom. The standard InChI is InChI=1S/C17H21N3O4S/c1-8(21)11-13-10-4-2-3-9(7-19-17-18-5-6-25-17)12(10)14(16(23)24)20(13)15(11)22/h5-6,8-11,13,21H,2-4,7H2,1H3,(H,18,19)(H,23,24)/t8-,9+,10+,11-,13-/m1/s1. The minimum absolute atomic E-state index is 0.0419. The van der Waals surface area contributed by atoms with Crippen LogP contribution in [-0.2, 0) is 9.59 Å². The Hall–Kier alpha value is -1.93. The highest BCUT2D eigenvalue weighted by molar-refractivity contribution is 7.13. The first kappa shape index (κ1) is 16.5. The summed E-state index contributed by atoms with van der Waals surface area (Å²) in [5.41, 5.74) is 1.03. The van der Waals surface area contributed by atoms with Crippen LogP contribution in [-0.4, -0.2) is 50.7 Å². The maximum Gasteiger partial charge on any atom is 0.352 e. The third kappa shape index (κ3) is 2.46. The third-order valence-corrected chi connectivity index (χ3v) is 6.41. The average molecular weight is 363 g/mol. The number of thiazole rings is 1. The van der Waals surface area contributed by atoms with E-state index in [4.69, 9.17) is 0 Å². The zero-order valence-electron chi connectivity index (χ0n) is 13.9. The van der Waals surface area contributed by atoms with E-state index < -0.39 is 18.0 Å². The Bertz CT molecular complexity index is 730. The van der Waals surface area contributed by atoms with Crippen molar-refractivity contribution in [3.63, 3.8) is 0 Å². The normalized spacial score (nSPS) is 32.1. The highest BCUT2D eigenvalue weighted by atomic mass is 32.1. The number of carbonyl (C=O) groups is 2. The van der Waals surface area contributed by atoms with Gasteiger partial charge in [0.15, 0.2) is 5.13 Å². The maximum atomic E-state index is 12.4. The van der Waals surface area contributed by atoms with Crippen molar-refractivity contribution in [2.75, 3.05) is 11.9 Å². The number of anilines is 1. The summed E-state index contributed by atoms with van der Waals surface area (Å²) >= 11 is 1.51. The van der Waals surface area contributed by atoms with Crippen LogP contribution in [0.5, 0.6) is 0 Å². The average Bonchev–Trinajstić information content (AvgIpc) is 3.17. The van der Waals surface area contributed by atoms with E-state index in [2.05, 4.69) is 10.3 Å². The molecule has 3 heterocycles. The number of amides is 1. The van der Waals surface area contributed by atoms with Gasteiger partial charge >= 0.3 is 5.97 Å². The number of carboxylic acid groups (broad SMARTS) is 1. The van der Waals surface area contributed by atoms with Crippen molar-refractivity contribution in [3.8, 4) is 0 Å². The number of nitrogens with zero attached hydrogens (tertiary/aromatic N) is 2. The van der Waals surface area contributed by atoms with E-state index >= 15 is 0 Å². The van der Waals surface area contributed by atoms with Gasteiger partial charge in [-0.05, 0) is 25.3 Å². The van der Waals surface area contributed by atoms with Gasteiger partial charge in [0.2, 0.25) is 5.91 Å². The van der Waals surface area contributed by atoms with Crippen molar-refractivity contribution in [2.45, 2.75) is 38.3 Å². The minimum Gasteiger partial charge on any atom is -0.477 e. The van der Waals surface area contributed by atoms with Gasteiger partial charge in [0.1, 0.15) is 5.70 Å². The predicted molar refractivity (Wildman–Crippen MR) is 91.9 cm³/mol. The zero-order valence-corrected chi connectivity index (χ0v) is 14.7. The van der Waals surface area contributed by atoms with Crippen LogP contribution in [0.3, 0.4) is 0 Å². The molecular formula is C17H21N3O4S. The molecule has 1 amide bonds. The number of β-lactam (4-membered cyclic amide) rings is 1. The van der Waals surface area contributed by atoms with Gasteiger partial charge in [-0.15, -0.1) is 11.3 Å². The molecule has 1 saturated heterocycles. The van der Waals surface area contributed by atoms with Crippen LogP contribution in [0.15, 0.2) is 22.8 Å². The Morgan fingerprint density at radius 3 is 2.96 bits per heavy atom.